The first-order chi connectivity index (χ1) is 11.5. The maximum absolute atomic E-state index is 12.3. The zero-order valence-corrected chi connectivity index (χ0v) is 13.7. The number of H-pyrrole nitrogens is 1. The molecule has 3 heterocycles. The largest absolute Gasteiger partial charge is 0.391 e. The predicted octanol–water partition coefficient (Wildman–Crippen LogP) is 1.62. The number of anilines is 1. The normalized spacial score (nSPS) is 20.9. The number of aliphatic hydroxyl groups is 1. The van der Waals surface area contributed by atoms with E-state index >= 15 is 0 Å². The number of nitrogens with one attached hydrogen (secondary N) is 1. The fraction of sp³-hybridized carbons (Fsp3) is 0.312. The molecule has 1 aromatic carbocycles. The van der Waals surface area contributed by atoms with E-state index < -0.39 is 6.10 Å². The Balaban J connectivity index is 1.81. The van der Waals surface area contributed by atoms with E-state index in [1.807, 2.05) is 17.0 Å². The average molecular weight is 346 g/mol. The number of rotatable bonds is 2. The Labute approximate surface area is 142 Å². The fourth-order valence-electron chi connectivity index (χ4n) is 3.23. The summed E-state index contributed by atoms with van der Waals surface area (Å²) in [6.45, 7) is 0.598. The van der Waals surface area contributed by atoms with Crippen LogP contribution in [0, 0.1) is 0 Å². The van der Waals surface area contributed by atoms with E-state index in [1.165, 1.54) is 6.20 Å². The van der Waals surface area contributed by atoms with Gasteiger partial charge < -0.3 is 10.0 Å². The SMILES string of the molecule is Cn1ncc2c(=O)[nH]c(N3CC[C@@H](O)[C@H]3c3ccc(Cl)cc3)nc21. The molecule has 2 atom stereocenters. The maximum atomic E-state index is 12.3. The van der Waals surface area contributed by atoms with E-state index in [4.69, 9.17) is 11.6 Å². The van der Waals surface area contributed by atoms with Crippen molar-refractivity contribution in [2.45, 2.75) is 18.6 Å². The number of hydrogen-bond acceptors (Lipinski definition) is 5. The van der Waals surface area contributed by atoms with Gasteiger partial charge in [0.05, 0.1) is 18.3 Å². The summed E-state index contributed by atoms with van der Waals surface area (Å²) in [5.74, 6) is 0.438. The number of aromatic amines is 1. The van der Waals surface area contributed by atoms with Crippen LogP contribution in [0.4, 0.5) is 5.95 Å². The van der Waals surface area contributed by atoms with Crippen molar-refractivity contribution >= 4 is 28.6 Å². The van der Waals surface area contributed by atoms with Crippen molar-refractivity contribution in [2.75, 3.05) is 11.4 Å². The van der Waals surface area contributed by atoms with Crippen LogP contribution in [0.25, 0.3) is 11.0 Å². The van der Waals surface area contributed by atoms with Crippen LogP contribution in [-0.4, -0.2) is 37.5 Å². The zero-order valence-electron chi connectivity index (χ0n) is 13.0. The molecule has 8 heteroatoms. The van der Waals surface area contributed by atoms with Crippen molar-refractivity contribution in [2.24, 2.45) is 7.05 Å². The summed E-state index contributed by atoms with van der Waals surface area (Å²) in [7, 11) is 1.74. The highest BCUT2D eigenvalue weighted by molar-refractivity contribution is 6.30. The minimum Gasteiger partial charge on any atom is -0.391 e. The zero-order chi connectivity index (χ0) is 16.8. The monoisotopic (exact) mass is 345 g/mol. The van der Waals surface area contributed by atoms with Crippen LogP contribution in [-0.2, 0) is 7.05 Å². The fourth-order valence-corrected chi connectivity index (χ4v) is 3.36. The minimum atomic E-state index is -0.543. The predicted molar refractivity (Wildman–Crippen MR) is 91.3 cm³/mol. The third-order valence-corrected chi connectivity index (χ3v) is 4.69. The molecule has 1 fully saturated rings. The molecule has 0 amide bonds. The van der Waals surface area contributed by atoms with Gasteiger partial charge in [0.25, 0.3) is 5.56 Å². The molecule has 7 nitrogen and oxygen atoms in total. The first-order valence-electron chi connectivity index (χ1n) is 7.67. The molecule has 2 aromatic heterocycles. The summed E-state index contributed by atoms with van der Waals surface area (Å²) in [5, 5.41) is 15.6. The smallest absolute Gasteiger partial charge is 0.263 e. The third-order valence-electron chi connectivity index (χ3n) is 4.44. The van der Waals surface area contributed by atoms with Gasteiger partial charge in [-0.05, 0) is 24.1 Å². The van der Waals surface area contributed by atoms with Crippen molar-refractivity contribution in [1.29, 1.82) is 0 Å². The van der Waals surface area contributed by atoms with Crippen LogP contribution in [0.2, 0.25) is 5.02 Å². The number of halogens is 1. The van der Waals surface area contributed by atoms with Crippen molar-refractivity contribution in [1.82, 2.24) is 19.7 Å². The van der Waals surface area contributed by atoms with Crippen LogP contribution in [0.15, 0.2) is 35.3 Å². The van der Waals surface area contributed by atoms with Crippen molar-refractivity contribution in [3.05, 3.63) is 51.4 Å². The second kappa shape index (κ2) is 5.61. The van der Waals surface area contributed by atoms with Crippen molar-refractivity contribution in [3.63, 3.8) is 0 Å². The molecule has 124 valence electrons. The Hall–Kier alpha value is -2.38. The Bertz CT molecular complexity index is 949. The van der Waals surface area contributed by atoms with Gasteiger partial charge in [-0.15, -0.1) is 0 Å². The molecule has 4 rings (SSSR count). The van der Waals surface area contributed by atoms with Crippen molar-refractivity contribution in [3.8, 4) is 0 Å². The number of nitrogens with zero attached hydrogens (tertiary/aromatic N) is 4. The van der Waals surface area contributed by atoms with Gasteiger partial charge in [0.15, 0.2) is 5.65 Å². The maximum Gasteiger partial charge on any atom is 0.263 e. The molecule has 0 aliphatic carbocycles. The number of fused-ring (bicyclic) bond motifs is 1. The lowest BCUT2D eigenvalue weighted by molar-refractivity contribution is 0.164. The molecule has 0 saturated carbocycles. The highest BCUT2D eigenvalue weighted by atomic mass is 35.5. The molecule has 1 saturated heterocycles. The summed E-state index contributed by atoms with van der Waals surface area (Å²) in [6.07, 6.45) is 1.56. The van der Waals surface area contributed by atoms with E-state index in [1.54, 1.807) is 23.9 Å². The van der Waals surface area contributed by atoms with E-state index in [0.717, 1.165) is 5.56 Å². The van der Waals surface area contributed by atoms with Gasteiger partial charge in [0, 0.05) is 18.6 Å². The lowest BCUT2D eigenvalue weighted by Crippen LogP contribution is -2.30. The Kier molecular flexibility index (Phi) is 3.54. The van der Waals surface area contributed by atoms with Crippen LogP contribution >= 0.6 is 11.6 Å². The molecule has 0 radical (unpaired) electrons. The molecule has 0 unspecified atom stereocenters. The molecule has 3 aromatic rings. The lowest BCUT2D eigenvalue weighted by Gasteiger charge is -2.27. The Morgan fingerprint density at radius 2 is 2.08 bits per heavy atom. The van der Waals surface area contributed by atoms with Gasteiger partial charge in [-0.1, -0.05) is 23.7 Å². The van der Waals surface area contributed by atoms with Crippen LogP contribution in [0.1, 0.15) is 18.0 Å². The van der Waals surface area contributed by atoms with Gasteiger partial charge in [-0.25, -0.2) is 0 Å². The average Bonchev–Trinajstić information content (AvgIpc) is 3.12. The summed E-state index contributed by atoms with van der Waals surface area (Å²) >= 11 is 5.95. The molecular formula is C16H16ClN5O2. The first-order valence-corrected chi connectivity index (χ1v) is 8.04. The summed E-state index contributed by atoms with van der Waals surface area (Å²) < 4.78 is 1.57. The Morgan fingerprint density at radius 3 is 2.83 bits per heavy atom. The van der Waals surface area contributed by atoms with E-state index in [-0.39, 0.29) is 11.6 Å². The molecule has 0 spiro atoms. The molecule has 0 bridgehead atoms. The topological polar surface area (TPSA) is 87.0 Å². The molecule has 1 aliphatic heterocycles. The summed E-state index contributed by atoms with van der Waals surface area (Å²) in [5.41, 5.74) is 1.21. The van der Waals surface area contributed by atoms with E-state index in [9.17, 15) is 9.90 Å². The molecule has 1 aliphatic rings. The Morgan fingerprint density at radius 1 is 1.33 bits per heavy atom. The summed E-state index contributed by atoms with van der Waals surface area (Å²) in [6, 6.07) is 7.07. The number of aryl methyl sites for hydroxylation is 1. The van der Waals surface area contributed by atoms with E-state index in [2.05, 4.69) is 15.1 Å². The molecule has 2 N–H and O–H groups in total. The number of benzene rings is 1. The van der Waals surface area contributed by atoms with Gasteiger partial charge in [-0.3, -0.25) is 14.5 Å². The highest BCUT2D eigenvalue weighted by Crippen LogP contribution is 2.35. The van der Waals surface area contributed by atoms with Gasteiger partial charge in [0.1, 0.15) is 5.39 Å². The quantitative estimate of drug-likeness (QED) is 0.737. The lowest BCUT2D eigenvalue weighted by atomic mass is 10.0. The molecular weight excluding hydrogens is 330 g/mol. The molecule has 24 heavy (non-hydrogen) atoms. The van der Waals surface area contributed by atoms with Gasteiger partial charge in [-0.2, -0.15) is 10.1 Å². The van der Waals surface area contributed by atoms with Crippen LogP contribution < -0.4 is 10.5 Å². The van der Waals surface area contributed by atoms with Crippen molar-refractivity contribution < 1.29 is 5.11 Å². The van der Waals surface area contributed by atoms with E-state index in [0.29, 0.717) is 35.0 Å². The van der Waals surface area contributed by atoms with Gasteiger partial charge >= 0.3 is 0 Å². The second-order valence-electron chi connectivity index (χ2n) is 5.94. The highest BCUT2D eigenvalue weighted by Gasteiger charge is 2.35. The number of aromatic nitrogens is 4. The van der Waals surface area contributed by atoms with Gasteiger partial charge in [0.2, 0.25) is 5.95 Å². The first kappa shape index (κ1) is 15.2. The number of aliphatic hydroxyl groups excluding tert-OH is 1. The minimum absolute atomic E-state index is 0.237. The van der Waals surface area contributed by atoms with Crippen LogP contribution in [0.5, 0.6) is 0 Å². The standard InChI is InChI=1S/C16H16ClN5O2/c1-21-14-11(8-18-21)15(24)20-16(19-14)22-7-6-12(23)13(22)9-2-4-10(17)5-3-9/h2-5,8,12-13,23H,6-7H2,1H3,(H,19,20,24)/t12-,13-/m1/s1. The number of hydrogen-bond donors (Lipinski definition) is 2. The third kappa shape index (κ3) is 2.37. The second-order valence-corrected chi connectivity index (χ2v) is 6.38. The van der Waals surface area contributed by atoms with Crippen LogP contribution in [0.3, 0.4) is 0 Å². The summed E-state index contributed by atoms with van der Waals surface area (Å²) in [4.78, 5) is 21.5.